The molecule has 1 unspecified atom stereocenters. The molecular formula is C30H27F4NO5. The fourth-order valence-corrected chi connectivity index (χ4v) is 5.25. The van der Waals surface area contributed by atoms with Crippen LogP contribution in [0.2, 0.25) is 0 Å². The lowest BCUT2D eigenvalue weighted by Gasteiger charge is -2.32. The molecule has 0 radical (unpaired) electrons. The number of benzene rings is 3. The van der Waals surface area contributed by atoms with Crippen LogP contribution >= 0.6 is 0 Å². The van der Waals surface area contributed by atoms with Crippen LogP contribution < -0.4 is 10.1 Å². The maximum atomic E-state index is 14.9. The number of nitrogens with one attached hydrogen (secondary N) is 1. The highest BCUT2D eigenvalue weighted by atomic mass is 19.4. The number of fused-ring (bicyclic) bond motifs is 1. The summed E-state index contributed by atoms with van der Waals surface area (Å²) in [6.07, 6.45) is -4.54. The van der Waals surface area contributed by atoms with Gasteiger partial charge in [-0.25, -0.2) is 9.18 Å². The summed E-state index contributed by atoms with van der Waals surface area (Å²) < 4.78 is 65.7. The number of ether oxygens (including phenoxy) is 2. The van der Waals surface area contributed by atoms with Gasteiger partial charge in [-0.05, 0) is 85.8 Å². The lowest BCUT2D eigenvalue weighted by Crippen LogP contribution is -2.47. The van der Waals surface area contributed by atoms with E-state index in [2.05, 4.69) is 5.32 Å². The summed E-state index contributed by atoms with van der Waals surface area (Å²) >= 11 is 0. The van der Waals surface area contributed by atoms with E-state index in [0.29, 0.717) is 53.6 Å². The molecule has 1 amide bonds. The number of amides is 1. The van der Waals surface area contributed by atoms with Crippen LogP contribution in [-0.2, 0) is 34.2 Å². The van der Waals surface area contributed by atoms with E-state index < -0.39 is 40.4 Å². The third-order valence-electron chi connectivity index (χ3n) is 7.44. The monoisotopic (exact) mass is 557 g/mol. The summed E-state index contributed by atoms with van der Waals surface area (Å²) in [7, 11) is 0. The second kappa shape index (κ2) is 10.2. The molecular weight excluding hydrogens is 530 g/mol. The molecule has 0 aromatic heterocycles. The molecule has 40 heavy (non-hydrogen) atoms. The number of halogens is 4. The van der Waals surface area contributed by atoms with E-state index in [-0.39, 0.29) is 25.0 Å². The first-order chi connectivity index (χ1) is 18.9. The molecule has 0 bridgehead atoms. The van der Waals surface area contributed by atoms with Gasteiger partial charge >= 0.3 is 12.1 Å². The van der Waals surface area contributed by atoms with Crippen LogP contribution in [0.25, 0.3) is 0 Å². The zero-order valence-corrected chi connectivity index (χ0v) is 21.6. The Morgan fingerprint density at radius 2 is 1.80 bits per heavy atom. The number of carbonyl (C=O) groups is 2. The fourth-order valence-electron chi connectivity index (χ4n) is 5.25. The van der Waals surface area contributed by atoms with Gasteiger partial charge < -0.3 is 19.9 Å². The summed E-state index contributed by atoms with van der Waals surface area (Å²) in [5.41, 5.74) is -2.60. The lowest BCUT2D eigenvalue weighted by atomic mass is 9.78. The predicted molar refractivity (Wildman–Crippen MR) is 137 cm³/mol. The van der Waals surface area contributed by atoms with Crippen LogP contribution in [-0.4, -0.2) is 29.2 Å². The number of rotatable bonds is 9. The van der Waals surface area contributed by atoms with Gasteiger partial charge in [0.2, 0.25) is 0 Å². The molecule has 0 spiro atoms. The van der Waals surface area contributed by atoms with Gasteiger partial charge in [-0.2, -0.15) is 13.2 Å². The Hall–Kier alpha value is -3.92. The number of hydrogen-bond acceptors (Lipinski definition) is 5. The molecule has 5 rings (SSSR count). The van der Waals surface area contributed by atoms with Crippen molar-refractivity contribution in [2.75, 3.05) is 11.9 Å². The van der Waals surface area contributed by atoms with E-state index in [1.54, 1.807) is 30.3 Å². The number of esters is 1. The number of carbonyl (C=O) groups excluding carboxylic acids is 2. The lowest BCUT2D eigenvalue weighted by molar-refractivity contribution is -0.138. The first-order valence-electron chi connectivity index (χ1n) is 12.9. The average Bonchev–Trinajstić information content (AvgIpc) is 3.58. The van der Waals surface area contributed by atoms with Gasteiger partial charge in [0.25, 0.3) is 5.91 Å². The standard InChI is InChI=1S/C30H27F4NO5/c1-2-39-22-7-3-18(4-8-22)15-29(38,27(37)35-21-6-9-23-19(13-21)16-40-26(23)36)17-28(11-12-28)24-14-20(30(32,33)34)5-10-25(24)31/h3-10,13-14,38H,2,11-12,15-17H2,1H3,(H,35,37). The Bertz CT molecular complexity index is 1450. The molecule has 0 saturated heterocycles. The Morgan fingerprint density at radius 1 is 1.07 bits per heavy atom. The molecule has 1 aliphatic carbocycles. The van der Waals surface area contributed by atoms with Crippen molar-refractivity contribution >= 4 is 17.6 Å². The number of cyclic esters (lactones) is 1. The van der Waals surface area contributed by atoms with Crippen molar-refractivity contribution in [1.82, 2.24) is 0 Å². The maximum Gasteiger partial charge on any atom is 0.416 e. The molecule has 6 nitrogen and oxygen atoms in total. The largest absolute Gasteiger partial charge is 0.494 e. The summed E-state index contributed by atoms with van der Waals surface area (Å²) in [4.78, 5) is 25.4. The Labute approximate surface area is 227 Å². The smallest absolute Gasteiger partial charge is 0.416 e. The molecule has 1 saturated carbocycles. The molecule has 3 aromatic carbocycles. The summed E-state index contributed by atoms with van der Waals surface area (Å²) in [6, 6.07) is 13.5. The minimum absolute atomic E-state index is 0.0479. The zero-order valence-electron chi connectivity index (χ0n) is 21.6. The molecule has 2 aliphatic rings. The van der Waals surface area contributed by atoms with Crippen LogP contribution in [0.1, 0.15) is 58.8 Å². The van der Waals surface area contributed by atoms with Crippen LogP contribution in [0, 0.1) is 5.82 Å². The number of anilines is 1. The first kappa shape index (κ1) is 27.6. The van der Waals surface area contributed by atoms with Crippen LogP contribution in [0.4, 0.5) is 23.2 Å². The van der Waals surface area contributed by atoms with Gasteiger partial charge in [0.05, 0.1) is 17.7 Å². The maximum absolute atomic E-state index is 14.9. The third kappa shape index (κ3) is 5.54. The highest BCUT2D eigenvalue weighted by Gasteiger charge is 2.54. The highest BCUT2D eigenvalue weighted by molar-refractivity contribution is 5.99. The quantitative estimate of drug-likeness (QED) is 0.251. The van der Waals surface area contributed by atoms with Crippen molar-refractivity contribution in [2.24, 2.45) is 0 Å². The van der Waals surface area contributed by atoms with Crippen molar-refractivity contribution in [3.05, 3.63) is 94.3 Å². The second-order valence-corrected chi connectivity index (χ2v) is 10.3. The van der Waals surface area contributed by atoms with Crippen LogP contribution in [0.5, 0.6) is 5.75 Å². The van der Waals surface area contributed by atoms with Crippen molar-refractivity contribution in [2.45, 2.75) is 56.4 Å². The van der Waals surface area contributed by atoms with E-state index in [0.717, 1.165) is 12.1 Å². The minimum Gasteiger partial charge on any atom is -0.494 e. The van der Waals surface area contributed by atoms with Crippen LogP contribution in [0.3, 0.4) is 0 Å². The highest BCUT2D eigenvalue weighted by Crippen LogP contribution is 2.55. The normalized spacial score (nSPS) is 17.0. The summed E-state index contributed by atoms with van der Waals surface area (Å²) in [5, 5.41) is 14.6. The topological polar surface area (TPSA) is 84.9 Å². The second-order valence-electron chi connectivity index (χ2n) is 10.3. The van der Waals surface area contributed by atoms with Gasteiger partial charge in [-0.1, -0.05) is 12.1 Å². The fraction of sp³-hybridized carbons (Fsp3) is 0.333. The predicted octanol–water partition coefficient (Wildman–Crippen LogP) is 5.95. The summed E-state index contributed by atoms with van der Waals surface area (Å²) in [6.45, 7) is 2.33. The van der Waals surface area contributed by atoms with E-state index in [4.69, 9.17) is 9.47 Å². The zero-order chi connectivity index (χ0) is 28.7. The number of alkyl halides is 3. The number of aliphatic hydroxyl groups is 1. The summed E-state index contributed by atoms with van der Waals surface area (Å²) in [5.74, 6) is -1.50. The molecule has 1 fully saturated rings. The van der Waals surface area contributed by atoms with E-state index in [9.17, 15) is 32.3 Å². The van der Waals surface area contributed by atoms with Crippen molar-refractivity contribution in [1.29, 1.82) is 0 Å². The minimum atomic E-state index is -4.67. The molecule has 1 aliphatic heterocycles. The first-order valence-corrected chi connectivity index (χ1v) is 12.9. The van der Waals surface area contributed by atoms with Gasteiger partial charge in [-0.15, -0.1) is 0 Å². The van der Waals surface area contributed by atoms with Crippen LogP contribution in [0.15, 0.2) is 60.7 Å². The van der Waals surface area contributed by atoms with Gasteiger partial charge in [-0.3, -0.25) is 4.79 Å². The third-order valence-corrected chi connectivity index (χ3v) is 7.44. The molecule has 3 aromatic rings. The van der Waals surface area contributed by atoms with Gasteiger partial charge in [0.15, 0.2) is 0 Å². The van der Waals surface area contributed by atoms with Crippen molar-refractivity contribution < 1.29 is 41.7 Å². The Kier molecular flexibility index (Phi) is 7.08. The van der Waals surface area contributed by atoms with Crippen molar-refractivity contribution in [3.63, 3.8) is 0 Å². The van der Waals surface area contributed by atoms with Crippen molar-refractivity contribution in [3.8, 4) is 5.75 Å². The number of hydrogen-bond donors (Lipinski definition) is 2. The molecule has 10 heteroatoms. The molecule has 2 N–H and O–H groups in total. The SMILES string of the molecule is CCOc1ccc(CC(O)(CC2(c3cc(C(F)(F)F)ccc3F)CC2)C(=O)Nc2ccc3c(c2)COC3=O)cc1. The molecule has 210 valence electrons. The van der Waals surface area contributed by atoms with E-state index in [1.165, 1.54) is 12.1 Å². The molecule has 1 atom stereocenters. The average molecular weight is 558 g/mol. The van der Waals surface area contributed by atoms with E-state index in [1.807, 2.05) is 6.92 Å². The molecule has 1 heterocycles. The van der Waals surface area contributed by atoms with Gasteiger partial charge in [0.1, 0.15) is 23.8 Å². The Balaban J connectivity index is 1.47. The Morgan fingerprint density at radius 3 is 2.45 bits per heavy atom. The van der Waals surface area contributed by atoms with Gasteiger partial charge in [0, 0.05) is 23.1 Å². The van der Waals surface area contributed by atoms with E-state index >= 15 is 0 Å².